The molecular formula is C11H17N3. The van der Waals surface area contributed by atoms with Gasteiger partial charge in [-0.15, -0.1) is 0 Å². The lowest BCUT2D eigenvalue weighted by Gasteiger charge is -1.92. The summed E-state index contributed by atoms with van der Waals surface area (Å²) in [6.45, 7) is 6.30. The van der Waals surface area contributed by atoms with Crippen molar-refractivity contribution < 1.29 is 0 Å². The van der Waals surface area contributed by atoms with Crippen LogP contribution < -0.4 is 0 Å². The van der Waals surface area contributed by atoms with E-state index in [-0.39, 0.29) is 0 Å². The number of hydrogen-bond acceptors (Lipinski definition) is 2. The summed E-state index contributed by atoms with van der Waals surface area (Å²) in [5.74, 6) is 0.900. The summed E-state index contributed by atoms with van der Waals surface area (Å²) >= 11 is 0. The van der Waals surface area contributed by atoms with Crippen LogP contribution in [0.2, 0.25) is 0 Å². The average Bonchev–Trinajstić information content (AvgIpc) is 2.65. The zero-order valence-corrected chi connectivity index (χ0v) is 9.04. The predicted molar refractivity (Wildman–Crippen MR) is 59.2 cm³/mol. The Balaban J connectivity index is 0.000000293. The highest BCUT2D eigenvalue weighted by Gasteiger charge is 1.96. The topological polar surface area (TPSA) is 41.6 Å². The highest BCUT2D eigenvalue weighted by molar-refractivity contribution is 5.73. The second kappa shape index (κ2) is 5.37. The number of rotatable bonds is 1. The second-order valence-corrected chi connectivity index (χ2v) is 3.12. The van der Waals surface area contributed by atoms with Crippen molar-refractivity contribution in [1.82, 2.24) is 15.0 Å². The molecule has 76 valence electrons. The molecule has 2 aromatic heterocycles. The standard InChI is InChI=1S/C8H9N3.C3H8/c1-2-8-10-5-7-6(11-8)3-4-9-7;1-3-2/h3-5,9H,2H2,1H3;3H2,1-2H3. The molecule has 14 heavy (non-hydrogen) atoms. The lowest BCUT2D eigenvalue weighted by molar-refractivity contribution is 0.960. The van der Waals surface area contributed by atoms with Gasteiger partial charge in [0.1, 0.15) is 5.82 Å². The van der Waals surface area contributed by atoms with Crippen molar-refractivity contribution in [2.24, 2.45) is 0 Å². The fraction of sp³-hybridized carbons (Fsp3) is 0.455. The summed E-state index contributed by atoms with van der Waals surface area (Å²) in [4.78, 5) is 11.5. The molecule has 0 saturated carbocycles. The molecule has 3 nitrogen and oxygen atoms in total. The van der Waals surface area contributed by atoms with Gasteiger partial charge in [-0.3, -0.25) is 0 Å². The monoisotopic (exact) mass is 191 g/mol. The molecule has 1 N–H and O–H groups in total. The number of aryl methyl sites for hydroxylation is 1. The molecule has 0 bridgehead atoms. The van der Waals surface area contributed by atoms with Crippen LogP contribution in [0.5, 0.6) is 0 Å². The molecule has 0 atom stereocenters. The van der Waals surface area contributed by atoms with Gasteiger partial charge in [0.15, 0.2) is 0 Å². The molecule has 0 fully saturated rings. The van der Waals surface area contributed by atoms with E-state index in [1.807, 2.05) is 25.4 Å². The number of nitrogens with zero attached hydrogens (tertiary/aromatic N) is 2. The Morgan fingerprint density at radius 1 is 1.29 bits per heavy atom. The zero-order chi connectivity index (χ0) is 10.4. The van der Waals surface area contributed by atoms with Crippen molar-refractivity contribution in [2.45, 2.75) is 33.6 Å². The molecule has 0 aliphatic carbocycles. The zero-order valence-electron chi connectivity index (χ0n) is 9.04. The van der Waals surface area contributed by atoms with E-state index in [4.69, 9.17) is 0 Å². The normalized spacial score (nSPS) is 9.64. The Bertz CT molecular complexity index is 379. The van der Waals surface area contributed by atoms with E-state index in [9.17, 15) is 0 Å². The molecule has 2 aromatic rings. The smallest absolute Gasteiger partial charge is 0.128 e. The van der Waals surface area contributed by atoms with Crippen molar-refractivity contribution in [3.63, 3.8) is 0 Å². The van der Waals surface area contributed by atoms with Crippen LogP contribution in [0.3, 0.4) is 0 Å². The molecule has 0 unspecified atom stereocenters. The van der Waals surface area contributed by atoms with Gasteiger partial charge in [0.2, 0.25) is 0 Å². The Kier molecular flexibility index (Phi) is 4.11. The van der Waals surface area contributed by atoms with E-state index in [2.05, 4.69) is 28.8 Å². The lowest BCUT2D eigenvalue weighted by atomic mass is 10.4. The fourth-order valence-corrected chi connectivity index (χ4v) is 1.05. The van der Waals surface area contributed by atoms with E-state index in [0.29, 0.717) is 0 Å². The van der Waals surface area contributed by atoms with Crippen molar-refractivity contribution in [1.29, 1.82) is 0 Å². The van der Waals surface area contributed by atoms with Crippen LogP contribution in [0, 0.1) is 0 Å². The Hall–Kier alpha value is -1.38. The average molecular weight is 191 g/mol. The maximum absolute atomic E-state index is 4.31. The first-order valence-electron chi connectivity index (χ1n) is 5.10. The summed E-state index contributed by atoms with van der Waals surface area (Å²) in [6, 6.07) is 1.95. The third-order valence-electron chi connectivity index (χ3n) is 1.66. The van der Waals surface area contributed by atoms with Crippen LogP contribution in [0.15, 0.2) is 18.5 Å². The Morgan fingerprint density at radius 3 is 2.64 bits per heavy atom. The van der Waals surface area contributed by atoms with Crippen molar-refractivity contribution in [2.75, 3.05) is 0 Å². The SMILES string of the molecule is CCC.CCc1ncc2[nH]ccc2n1. The summed E-state index contributed by atoms with van der Waals surface area (Å²) in [7, 11) is 0. The van der Waals surface area contributed by atoms with Crippen LogP contribution in [0.4, 0.5) is 0 Å². The number of fused-ring (bicyclic) bond motifs is 1. The number of hydrogen-bond donors (Lipinski definition) is 1. The minimum Gasteiger partial charge on any atom is -0.359 e. The van der Waals surface area contributed by atoms with E-state index >= 15 is 0 Å². The molecular weight excluding hydrogens is 174 g/mol. The first-order valence-corrected chi connectivity index (χ1v) is 5.10. The minimum absolute atomic E-state index is 0.890. The second-order valence-electron chi connectivity index (χ2n) is 3.12. The highest BCUT2D eigenvalue weighted by atomic mass is 14.9. The Morgan fingerprint density at radius 2 is 2.00 bits per heavy atom. The number of aromatic nitrogens is 3. The molecule has 0 radical (unpaired) electrons. The molecule has 0 saturated heterocycles. The largest absolute Gasteiger partial charge is 0.359 e. The molecule has 0 aliphatic heterocycles. The number of aromatic amines is 1. The molecule has 0 aromatic carbocycles. The summed E-state index contributed by atoms with van der Waals surface area (Å²) in [6.07, 6.45) is 5.83. The third-order valence-corrected chi connectivity index (χ3v) is 1.66. The molecule has 2 rings (SSSR count). The third kappa shape index (κ3) is 2.55. The first kappa shape index (κ1) is 10.7. The predicted octanol–water partition coefficient (Wildman–Crippen LogP) is 2.94. The van der Waals surface area contributed by atoms with Gasteiger partial charge in [-0.25, -0.2) is 9.97 Å². The lowest BCUT2D eigenvalue weighted by Crippen LogP contribution is -1.90. The van der Waals surface area contributed by atoms with Gasteiger partial charge in [0, 0.05) is 12.6 Å². The van der Waals surface area contributed by atoms with Crippen LogP contribution in [-0.4, -0.2) is 15.0 Å². The minimum atomic E-state index is 0.890. The summed E-state index contributed by atoms with van der Waals surface area (Å²) in [5, 5.41) is 0. The van der Waals surface area contributed by atoms with Crippen LogP contribution in [0.1, 0.15) is 33.0 Å². The van der Waals surface area contributed by atoms with E-state index < -0.39 is 0 Å². The van der Waals surface area contributed by atoms with Gasteiger partial charge in [0.05, 0.1) is 17.2 Å². The molecule has 0 spiro atoms. The van der Waals surface area contributed by atoms with Crippen molar-refractivity contribution >= 4 is 11.0 Å². The number of nitrogens with one attached hydrogen (secondary N) is 1. The van der Waals surface area contributed by atoms with Gasteiger partial charge >= 0.3 is 0 Å². The maximum Gasteiger partial charge on any atom is 0.128 e. The highest BCUT2D eigenvalue weighted by Crippen LogP contribution is 2.07. The van der Waals surface area contributed by atoms with Gasteiger partial charge in [-0.05, 0) is 6.07 Å². The summed E-state index contributed by atoms with van der Waals surface area (Å²) in [5.41, 5.74) is 2.00. The van der Waals surface area contributed by atoms with Crippen molar-refractivity contribution in [3.8, 4) is 0 Å². The van der Waals surface area contributed by atoms with E-state index in [0.717, 1.165) is 23.3 Å². The quantitative estimate of drug-likeness (QED) is 0.753. The molecule has 0 aliphatic rings. The first-order chi connectivity index (χ1) is 6.81. The molecule has 2 heterocycles. The van der Waals surface area contributed by atoms with Crippen LogP contribution in [-0.2, 0) is 6.42 Å². The van der Waals surface area contributed by atoms with Gasteiger partial charge in [-0.1, -0.05) is 27.2 Å². The van der Waals surface area contributed by atoms with Crippen molar-refractivity contribution in [3.05, 3.63) is 24.3 Å². The van der Waals surface area contributed by atoms with Crippen LogP contribution in [0.25, 0.3) is 11.0 Å². The summed E-state index contributed by atoms with van der Waals surface area (Å²) < 4.78 is 0. The fourth-order valence-electron chi connectivity index (χ4n) is 1.05. The molecule has 3 heteroatoms. The van der Waals surface area contributed by atoms with Gasteiger partial charge in [-0.2, -0.15) is 0 Å². The van der Waals surface area contributed by atoms with Gasteiger partial charge in [0.25, 0.3) is 0 Å². The molecule has 0 amide bonds. The Labute approximate surface area is 84.6 Å². The van der Waals surface area contributed by atoms with E-state index in [1.54, 1.807) is 0 Å². The van der Waals surface area contributed by atoms with Crippen LogP contribution >= 0.6 is 0 Å². The maximum atomic E-state index is 4.31. The van der Waals surface area contributed by atoms with E-state index in [1.165, 1.54) is 6.42 Å². The number of H-pyrrole nitrogens is 1. The van der Waals surface area contributed by atoms with Gasteiger partial charge < -0.3 is 4.98 Å².